The van der Waals surface area contributed by atoms with Gasteiger partial charge in [0.2, 0.25) is 0 Å². The molecule has 0 radical (unpaired) electrons. The number of sulfone groups is 1. The summed E-state index contributed by atoms with van der Waals surface area (Å²) in [6, 6.07) is -0.391. The lowest BCUT2D eigenvalue weighted by atomic mass is 10.2. The summed E-state index contributed by atoms with van der Waals surface area (Å²) in [7, 11) is -3.01. The van der Waals surface area contributed by atoms with E-state index in [4.69, 9.17) is 10.5 Å². The molecule has 102 valence electrons. The summed E-state index contributed by atoms with van der Waals surface area (Å²) >= 11 is 0. The minimum atomic E-state index is -3.01. The van der Waals surface area contributed by atoms with Crippen LogP contribution in [0.4, 0.5) is 4.79 Å². The standard InChI is InChI=1S/C10H22N2O4S/c1-10(2,3)16-9(13)12-7-8(11)5-6-17(4,14)15/h8H,5-7,11H2,1-4H3,(H,12,13). The number of nitrogens with one attached hydrogen (secondary N) is 1. The number of ether oxygens (including phenoxy) is 1. The molecule has 0 spiro atoms. The van der Waals surface area contributed by atoms with E-state index in [0.717, 1.165) is 6.26 Å². The second kappa shape index (κ2) is 6.20. The third-order valence-electron chi connectivity index (χ3n) is 1.77. The molecule has 0 aromatic rings. The Balaban J connectivity index is 3.85. The summed E-state index contributed by atoms with van der Waals surface area (Å²) in [5.41, 5.74) is 5.10. The normalized spacial score (nSPS) is 14.2. The highest BCUT2D eigenvalue weighted by Gasteiger charge is 2.16. The number of hydrogen-bond acceptors (Lipinski definition) is 5. The molecule has 0 aromatic carbocycles. The molecule has 17 heavy (non-hydrogen) atoms. The summed E-state index contributed by atoms with van der Waals surface area (Å²) in [6.07, 6.45) is 0.919. The predicted octanol–water partition coefficient (Wildman–Crippen LogP) is 0.273. The van der Waals surface area contributed by atoms with Crippen molar-refractivity contribution >= 4 is 15.9 Å². The number of carbonyl (C=O) groups is 1. The molecule has 0 saturated carbocycles. The average molecular weight is 266 g/mol. The van der Waals surface area contributed by atoms with Crippen molar-refractivity contribution in [2.75, 3.05) is 18.6 Å². The molecule has 0 rings (SSSR count). The number of nitrogens with two attached hydrogens (primary N) is 1. The molecule has 1 unspecified atom stereocenters. The number of hydrogen-bond donors (Lipinski definition) is 2. The number of carbonyl (C=O) groups excluding carboxylic acids is 1. The van der Waals surface area contributed by atoms with Gasteiger partial charge in [0.15, 0.2) is 0 Å². The van der Waals surface area contributed by atoms with Crippen LogP contribution in [0.15, 0.2) is 0 Å². The molecular formula is C10H22N2O4S. The lowest BCUT2D eigenvalue weighted by Gasteiger charge is -2.20. The SMILES string of the molecule is CC(C)(C)OC(=O)NCC(N)CCS(C)(=O)=O. The van der Waals surface area contributed by atoms with Crippen molar-refractivity contribution in [1.29, 1.82) is 0 Å². The molecule has 0 bridgehead atoms. The van der Waals surface area contributed by atoms with E-state index in [2.05, 4.69) is 5.32 Å². The van der Waals surface area contributed by atoms with Gasteiger partial charge >= 0.3 is 6.09 Å². The second-order valence-corrected chi connectivity index (χ2v) is 7.32. The molecule has 0 saturated heterocycles. The van der Waals surface area contributed by atoms with Crippen LogP contribution < -0.4 is 11.1 Å². The van der Waals surface area contributed by atoms with Crippen molar-refractivity contribution in [2.45, 2.75) is 38.8 Å². The van der Waals surface area contributed by atoms with Crippen LogP contribution >= 0.6 is 0 Å². The molecule has 6 nitrogen and oxygen atoms in total. The van der Waals surface area contributed by atoms with Gasteiger partial charge in [0, 0.05) is 18.8 Å². The van der Waals surface area contributed by atoms with Crippen LogP contribution in [-0.2, 0) is 14.6 Å². The van der Waals surface area contributed by atoms with E-state index in [1.165, 1.54) is 0 Å². The predicted molar refractivity (Wildman–Crippen MR) is 66.5 cm³/mol. The molecule has 7 heteroatoms. The quantitative estimate of drug-likeness (QED) is 0.744. The largest absolute Gasteiger partial charge is 0.444 e. The van der Waals surface area contributed by atoms with Crippen LogP contribution in [0, 0.1) is 0 Å². The maximum Gasteiger partial charge on any atom is 0.407 e. The van der Waals surface area contributed by atoms with Gasteiger partial charge in [-0.25, -0.2) is 13.2 Å². The van der Waals surface area contributed by atoms with E-state index in [0.29, 0.717) is 6.42 Å². The summed E-state index contributed by atoms with van der Waals surface area (Å²) in [6.45, 7) is 5.48. The fourth-order valence-corrected chi connectivity index (χ4v) is 1.73. The van der Waals surface area contributed by atoms with Gasteiger partial charge in [0.25, 0.3) is 0 Å². The Labute approximate surface area is 103 Å². The zero-order valence-corrected chi connectivity index (χ0v) is 11.6. The minimum absolute atomic E-state index is 0.0180. The summed E-state index contributed by atoms with van der Waals surface area (Å²) < 4.78 is 26.8. The molecule has 0 fully saturated rings. The Morgan fingerprint density at radius 2 is 1.94 bits per heavy atom. The van der Waals surface area contributed by atoms with Gasteiger partial charge in [0.05, 0.1) is 5.75 Å². The molecule has 0 aliphatic heterocycles. The first-order valence-electron chi connectivity index (χ1n) is 5.40. The lowest BCUT2D eigenvalue weighted by Crippen LogP contribution is -2.40. The molecule has 1 atom stereocenters. The van der Waals surface area contributed by atoms with Gasteiger partial charge in [-0.1, -0.05) is 0 Å². The smallest absolute Gasteiger partial charge is 0.407 e. The van der Waals surface area contributed by atoms with Crippen molar-refractivity contribution in [3.63, 3.8) is 0 Å². The maximum atomic E-state index is 11.3. The zero-order valence-electron chi connectivity index (χ0n) is 10.8. The van der Waals surface area contributed by atoms with E-state index in [-0.39, 0.29) is 12.3 Å². The van der Waals surface area contributed by atoms with Crippen molar-refractivity contribution in [1.82, 2.24) is 5.32 Å². The highest BCUT2D eigenvalue weighted by atomic mass is 32.2. The third-order valence-corrected chi connectivity index (χ3v) is 2.74. The molecule has 0 aliphatic rings. The summed E-state index contributed by atoms with van der Waals surface area (Å²) in [5, 5.41) is 2.49. The maximum absolute atomic E-state index is 11.3. The average Bonchev–Trinajstić information content (AvgIpc) is 2.07. The van der Waals surface area contributed by atoms with E-state index in [9.17, 15) is 13.2 Å². The molecule has 1 amide bonds. The van der Waals surface area contributed by atoms with Crippen molar-refractivity contribution < 1.29 is 17.9 Å². The fourth-order valence-electron chi connectivity index (χ4n) is 0.996. The molecule has 0 aliphatic carbocycles. The van der Waals surface area contributed by atoms with Gasteiger partial charge in [0.1, 0.15) is 15.4 Å². The topological polar surface area (TPSA) is 98.5 Å². The lowest BCUT2D eigenvalue weighted by molar-refractivity contribution is 0.0524. The van der Waals surface area contributed by atoms with Crippen LogP contribution in [0.5, 0.6) is 0 Å². The summed E-state index contributed by atoms with van der Waals surface area (Å²) in [4.78, 5) is 11.3. The third kappa shape index (κ3) is 11.4. The number of amides is 1. The molecule has 0 aromatic heterocycles. The summed E-state index contributed by atoms with van der Waals surface area (Å²) in [5.74, 6) is 0.0180. The Hall–Kier alpha value is -0.820. The Morgan fingerprint density at radius 3 is 2.35 bits per heavy atom. The first kappa shape index (κ1) is 16.2. The van der Waals surface area contributed by atoms with Gasteiger partial charge < -0.3 is 15.8 Å². The highest BCUT2D eigenvalue weighted by molar-refractivity contribution is 7.90. The first-order chi connectivity index (χ1) is 7.49. The Morgan fingerprint density at radius 1 is 1.41 bits per heavy atom. The van der Waals surface area contributed by atoms with Crippen molar-refractivity contribution in [3.05, 3.63) is 0 Å². The molecular weight excluding hydrogens is 244 g/mol. The molecule has 0 heterocycles. The number of alkyl carbamates (subject to hydrolysis) is 1. The Bertz CT molecular complexity index is 346. The zero-order chi connectivity index (χ0) is 13.7. The first-order valence-corrected chi connectivity index (χ1v) is 7.46. The second-order valence-electron chi connectivity index (χ2n) is 5.06. The van der Waals surface area contributed by atoms with Crippen LogP contribution in [0.2, 0.25) is 0 Å². The Kier molecular flexibility index (Phi) is 5.91. The van der Waals surface area contributed by atoms with Gasteiger partial charge in [-0.15, -0.1) is 0 Å². The van der Waals surface area contributed by atoms with E-state index < -0.39 is 27.6 Å². The van der Waals surface area contributed by atoms with Gasteiger partial charge in [-0.3, -0.25) is 0 Å². The van der Waals surface area contributed by atoms with E-state index in [1.807, 2.05) is 0 Å². The van der Waals surface area contributed by atoms with E-state index in [1.54, 1.807) is 20.8 Å². The van der Waals surface area contributed by atoms with Crippen LogP contribution in [0.1, 0.15) is 27.2 Å². The van der Waals surface area contributed by atoms with Crippen LogP contribution in [0.3, 0.4) is 0 Å². The molecule has 3 N–H and O–H groups in total. The van der Waals surface area contributed by atoms with Gasteiger partial charge in [-0.2, -0.15) is 0 Å². The van der Waals surface area contributed by atoms with E-state index >= 15 is 0 Å². The van der Waals surface area contributed by atoms with Crippen molar-refractivity contribution in [2.24, 2.45) is 5.73 Å². The van der Waals surface area contributed by atoms with Gasteiger partial charge in [-0.05, 0) is 27.2 Å². The van der Waals surface area contributed by atoms with Crippen LogP contribution in [0.25, 0.3) is 0 Å². The highest BCUT2D eigenvalue weighted by Crippen LogP contribution is 2.06. The number of rotatable bonds is 5. The fraction of sp³-hybridized carbons (Fsp3) is 0.900. The minimum Gasteiger partial charge on any atom is -0.444 e. The van der Waals surface area contributed by atoms with Crippen LogP contribution in [-0.4, -0.2) is 44.7 Å². The van der Waals surface area contributed by atoms with Crippen molar-refractivity contribution in [3.8, 4) is 0 Å². The monoisotopic (exact) mass is 266 g/mol.